The van der Waals surface area contributed by atoms with Crippen molar-refractivity contribution < 1.29 is 0 Å². The van der Waals surface area contributed by atoms with E-state index in [1.165, 1.54) is 22.3 Å². The quantitative estimate of drug-likeness (QED) is 0.207. The maximum Gasteiger partial charge on any atom is 0.0400 e. The van der Waals surface area contributed by atoms with Crippen molar-refractivity contribution in [2.24, 2.45) is 0 Å². The van der Waals surface area contributed by atoms with E-state index in [0.29, 0.717) is 0 Å². The van der Waals surface area contributed by atoms with E-state index >= 15 is 0 Å². The highest BCUT2D eigenvalue weighted by atomic mass is 14.2. The molecule has 0 bridgehead atoms. The van der Waals surface area contributed by atoms with Crippen LogP contribution < -0.4 is 0 Å². The van der Waals surface area contributed by atoms with Crippen LogP contribution in [-0.4, -0.2) is 0 Å². The highest BCUT2D eigenvalue weighted by Gasteiger charge is 2.18. The van der Waals surface area contributed by atoms with Crippen LogP contribution in [0.25, 0.3) is 11.1 Å². The molecule has 0 saturated carbocycles. The fraction of sp³-hybridized carbons (Fsp3) is 0.356. The number of hydrogen-bond donors (Lipinski definition) is 0. The van der Waals surface area contributed by atoms with Gasteiger partial charge in [0.15, 0.2) is 0 Å². The first-order valence-electron chi connectivity index (χ1n) is 16.3. The van der Waals surface area contributed by atoms with E-state index in [4.69, 9.17) is 0 Å². The second-order valence-corrected chi connectivity index (χ2v) is 16.4. The first kappa shape index (κ1) is 33.8. The van der Waals surface area contributed by atoms with Gasteiger partial charge in [-0.25, -0.2) is 0 Å². The van der Waals surface area contributed by atoms with Gasteiger partial charge in [-0.2, -0.15) is 0 Å². The highest BCUT2D eigenvalue weighted by Crippen LogP contribution is 2.31. The molecule has 0 nitrogen and oxygen atoms in total. The summed E-state index contributed by atoms with van der Waals surface area (Å²) in [6, 6.07) is 35.6. The van der Waals surface area contributed by atoms with Crippen LogP contribution in [0.2, 0.25) is 0 Å². The van der Waals surface area contributed by atoms with Gasteiger partial charge in [-0.3, -0.25) is 0 Å². The van der Waals surface area contributed by atoms with E-state index in [-0.39, 0.29) is 21.7 Å². The Morgan fingerprint density at radius 3 is 0.644 bits per heavy atom. The van der Waals surface area contributed by atoms with Crippen molar-refractivity contribution in [3.05, 3.63) is 159 Å². The second-order valence-electron chi connectivity index (χ2n) is 16.4. The van der Waals surface area contributed by atoms with Crippen LogP contribution in [0.15, 0.2) is 114 Å². The molecule has 0 fully saturated rings. The molecule has 4 aromatic rings. The van der Waals surface area contributed by atoms with Crippen LogP contribution in [0.1, 0.15) is 128 Å². The van der Waals surface area contributed by atoms with Gasteiger partial charge in [0.05, 0.1) is 0 Å². The highest BCUT2D eigenvalue weighted by molar-refractivity contribution is 5.81. The summed E-state index contributed by atoms with van der Waals surface area (Å²) in [5.74, 6) is 0. The Hall–Kier alpha value is -4.04. The van der Waals surface area contributed by atoms with Gasteiger partial charge in [-0.05, 0) is 71.9 Å². The standard InChI is InChI=1S/C45H52/c1-42(2,3)36-24-16-32(17-25-36)40(33-18-26-37(27-19-33)43(4,5)6)14-13-15-41(34-20-28-38(29-21-34)44(7,8)9)35-22-30-39(31-23-35)45(10,11)12/h16-31H,1-12H3. The van der Waals surface area contributed by atoms with E-state index < -0.39 is 0 Å². The third-order valence-electron chi connectivity index (χ3n) is 8.53. The SMILES string of the molecule is CC(C)(C)c1ccc(C(=C=C=C=C(c2ccc(C(C)(C)C)cc2)c2ccc(C(C)(C)C)cc2)c2ccc(C(C)(C)C)cc2)cc1. The van der Waals surface area contributed by atoms with Gasteiger partial charge in [0.2, 0.25) is 0 Å². The van der Waals surface area contributed by atoms with Crippen LogP contribution >= 0.6 is 0 Å². The summed E-state index contributed by atoms with van der Waals surface area (Å²) < 4.78 is 0. The monoisotopic (exact) mass is 592 g/mol. The van der Waals surface area contributed by atoms with Crippen LogP contribution in [-0.2, 0) is 21.7 Å². The van der Waals surface area contributed by atoms with Crippen LogP contribution in [0, 0.1) is 0 Å². The van der Waals surface area contributed by atoms with E-state index in [1.807, 2.05) is 0 Å². The zero-order valence-electron chi connectivity index (χ0n) is 29.7. The van der Waals surface area contributed by atoms with Gasteiger partial charge in [0.1, 0.15) is 0 Å². The van der Waals surface area contributed by atoms with E-state index in [0.717, 1.165) is 33.4 Å². The minimum Gasteiger partial charge on any atom is -0.0579 e. The summed E-state index contributed by atoms with van der Waals surface area (Å²) >= 11 is 0. The fourth-order valence-corrected chi connectivity index (χ4v) is 5.33. The molecule has 45 heavy (non-hydrogen) atoms. The lowest BCUT2D eigenvalue weighted by molar-refractivity contribution is 0.590. The van der Waals surface area contributed by atoms with Gasteiger partial charge in [0, 0.05) is 11.1 Å². The topological polar surface area (TPSA) is 0 Å². The van der Waals surface area contributed by atoms with Crippen molar-refractivity contribution in [1.29, 1.82) is 0 Å². The third-order valence-corrected chi connectivity index (χ3v) is 8.53. The molecule has 4 aromatic carbocycles. The molecule has 0 spiro atoms. The van der Waals surface area contributed by atoms with Crippen molar-refractivity contribution >= 4 is 11.1 Å². The average molecular weight is 593 g/mol. The summed E-state index contributed by atoms with van der Waals surface area (Å²) in [4.78, 5) is 0. The second kappa shape index (κ2) is 12.8. The molecule has 0 aliphatic heterocycles. The van der Waals surface area contributed by atoms with Crippen LogP contribution in [0.5, 0.6) is 0 Å². The molecule has 0 N–H and O–H groups in total. The summed E-state index contributed by atoms with van der Waals surface area (Å²) in [6.07, 6.45) is 0. The van der Waals surface area contributed by atoms with Crippen molar-refractivity contribution in [1.82, 2.24) is 0 Å². The van der Waals surface area contributed by atoms with Gasteiger partial charge >= 0.3 is 0 Å². The third kappa shape index (κ3) is 8.57. The maximum atomic E-state index is 3.54. The molecule has 0 radical (unpaired) electrons. The number of hydrogen-bond acceptors (Lipinski definition) is 0. The molecule has 0 aromatic heterocycles. The van der Waals surface area contributed by atoms with E-state index in [1.54, 1.807) is 0 Å². The Morgan fingerprint density at radius 1 is 0.311 bits per heavy atom. The lowest BCUT2D eigenvalue weighted by Gasteiger charge is -2.20. The molecule has 0 saturated heterocycles. The van der Waals surface area contributed by atoms with Crippen molar-refractivity contribution in [2.45, 2.75) is 105 Å². The van der Waals surface area contributed by atoms with Crippen molar-refractivity contribution in [3.8, 4) is 0 Å². The lowest BCUT2D eigenvalue weighted by Crippen LogP contribution is -2.11. The van der Waals surface area contributed by atoms with Crippen molar-refractivity contribution in [2.75, 3.05) is 0 Å². The predicted octanol–water partition coefficient (Wildman–Crippen LogP) is 12.3. The molecule has 0 aliphatic rings. The van der Waals surface area contributed by atoms with E-state index in [9.17, 15) is 0 Å². The zero-order chi connectivity index (χ0) is 33.2. The molecule has 0 heterocycles. The summed E-state index contributed by atoms with van der Waals surface area (Å²) in [6.45, 7) is 27.0. The summed E-state index contributed by atoms with van der Waals surface area (Å²) in [5.41, 5.74) is 22.6. The first-order valence-corrected chi connectivity index (χ1v) is 16.3. The first-order chi connectivity index (χ1) is 20.8. The zero-order valence-corrected chi connectivity index (χ0v) is 29.7. The number of benzene rings is 4. The van der Waals surface area contributed by atoms with Gasteiger partial charge in [-0.1, -0.05) is 192 Å². The smallest absolute Gasteiger partial charge is 0.0400 e. The van der Waals surface area contributed by atoms with Crippen molar-refractivity contribution in [3.63, 3.8) is 0 Å². The lowest BCUT2D eigenvalue weighted by atomic mass is 9.84. The van der Waals surface area contributed by atoms with Gasteiger partial charge < -0.3 is 0 Å². The van der Waals surface area contributed by atoms with Gasteiger partial charge in [-0.15, -0.1) is 0 Å². The Balaban J connectivity index is 1.98. The van der Waals surface area contributed by atoms with Crippen LogP contribution in [0.4, 0.5) is 0 Å². The Bertz CT molecular complexity index is 1490. The minimum atomic E-state index is 0.0925. The number of rotatable bonds is 4. The average Bonchev–Trinajstić information content (AvgIpc) is 2.96. The van der Waals surface area contributed by atoms with Gasteiger partial charge in [0.25, 0.3) is 0 Å². The Morgan fingerprint density at radius 2 is 0.489 bits per heavy atom. The Labute approximate surface area is 274 Å². The molecule has 0 atom stereocenters. The minimum absolute atomic E-state index is 0.0925. The molecule has 0 amide bonds. The predicted molar refractivity (Wildman–Crippen MR) is 196 cm³/mol. The molecule has 4 rings (SSSR count). The normalized spacial score (nSPS) is 12.2. The fourth-order valence-electron chi connectivity index (χ4n) is 5.33. The maximum absolute atomic E-state index is 3.54. The molecule has 232 valence electrons. The summed E-state index contributed by atoms with van der Waals surface area (Å²) in [7, 11) is 0. The van der Waals surface area contributed by atoms with E-state index in [2.05, 4.69) is 197 Å². The molecule has 0 unspecified atom stereocenters. The molecule has 0 heteroatoms. The molecule has 0 aliphatic carbocycles. The summed E-state index contributed by atoms with van der Waals surface area (Å²) in [5, 5.41) is 0. The molecular weight excluding hydrogens is 540 g/mol. The van der Waals surface area contributed by atoms with Crippen LogP contribution in [0.3, 0.4) is 0 Å². The Kier molecular flexibility index (Phi) is 9.59. The largest absolute Gasteiger partial charge is 0.0579 e. The molecular formula is C45H52.